The number of benzene rings is 1. The largest absolute Gasteiger partial charge is 0.351 e. The fraction of sp³-hybridized carbons (Fsp3) is 0.375. The van der Waals surface area contributed by atoms with E-state index in [1.807, 2.05) is 29.6 Å². The van der Waals surface area contributed by atoms with Gasteiger partial charge in [-0.25, -0.2) is 9.59 Å². The number of fused-ring (bicyclic) bond motifs is 2. The lowest BCUT2D eigenvalue weighted by Gasteiger charge is -2.27. The second-order valence-corrected chi connectivity index (χ2v) is 6.00. The second kappa shape index (κ2) is 5.95. The molecule has 3 rings (SSSR count). The SMILES string of the molecule is NC(=O)NC(=O)CN1C(=O)NC2(CCCCc3ccccc32)C1=O. The molecule has 0 bridgehead atoms. The highest BCUT2D eigenvalue weighted by molar-refractivity contribution is 6.10. The van der Waals surface area contributed by atoms with Crippen LogP contribution in [0.25, 0.3) is 0 Å². The molecule has 0 saturated carbocycles. The Labute approximate surface area is 138 Å². The van der Waals surface area contributed by atoms with Gasteiger partial charge < -0.3 is 11.1 Å². The first-order valence-corrected chi connectivity index (χ1v) is 7.76. The fourth-order valence-corrected chi connectivity index (χ4v) is 3.44. The summed E-state index contributed by atoms with van der Waals surface area (Å²) in [5.41, 5.74) is 5.54. The van der Waals surface area contributed by atoms with Crippen molar-refractivity contribution in [2.45, 2.75) is 31.2 Å². The normalized spacial score (nSPS) is 22.8. The Hall–Kier alpha value is -2.90. The minimum Gasteiger partial charge on any atom is -0.351 e. The van der Waals surface area contributed by atoms with Crippen molar-refractivity contribution < 1.29 is 19.2 Å². The van der Waals surface area contributed by atoms with Crippen molar-refractivity contribution in [3.05, 3.63) is 35.4 Å². The van der Waals surface area contributed by atoms with E-state index in [-0.39, 0.29) is 0 Å². The first kappa shape index (κ1) is 16.0. The van der Waals surface area contributed by atoms with E-state index in [9.17, 15) is 19.2 Å². The molecule has 1 aromatic carbocycles. The average molecular weight is 330 g/mol. The zero-order valence-electron chi connectivity index (χ0n) is 13.0. The summed E-state index contributed by atoms with van der Waals surface area (Å²) in [6, 6.07) is 5.85. The smallest absolute Gasteiger partial charge is 0.325 e. The number of imide groups is 2. The van der Waals surface area contributed by atoms with Gasteiger partial charge in [-0.3, -0.25) is 19.8 Å². The van der Waals surface area contributed by atoms with Gasteiger partial charge in [0.2, 0.25) is 5.91 Å². The zero-order valence-corrected chi connectivity index (χ0v) is 13.0. The van der Waals surface area contributed by atoms with Crippen LogP contribution in [0.15, 0.2) is 24.3 Å². The molecule has 1 aromatic rings. The fourth-order valence-electron chi connectivity index (χ4n) is 3.44. The van der Waals surface area contributed by atoms with E-state index >= 15 is 0 Å². The lowest BCUT2D eigenvalue weighted by Crippen LogP contribution is -2.46. The van der Waals surface area contributed by atoms with Gasteiger partial charge >= 0.3 is 12.1 Å². The van der Waals surface area contributed by atoms with Crippen LogP contribution in [0.4, 0.5) is 9.59 Å². The molecule has 1 heterocycles. The molecule has 1 aliphatic carbocycles. The zero-order chi connectivity index (χ0) is 17.3. The molecule has 4 N–H and O–H groups in total. The average Bonchev–Trinajstić information content (AvgIpc) is 2.69. The molecule has 1 atom stereocenters. The standard InChI is InChI=1S/C16H18N4O4/c17-14(23)18-12(21)9-20-13(22)16(19-15(20)24)8-4-3-6-10-5-1-2-7-11(10)16/h1-2,5,7H,3-4,6,8-9H2,(H,19,24)(H3,17,18,21,23). The summed E-state index contributed by atoms with van der Waals surface area (Å²) in [7, 11) is 0. The van der Waals surface area contributed by atoms with E-state index in [0.29, 0.717) is 6.42 Å². The topological polar surface area (TPSA) is 122 Å². The number of urea groups is 2. The van der Waals surface area contributed by atoms with E-state index in [1.54, 1.807) is 0 Å². The van der Waals surface area contributed by atoms with Crippen molar-refractivity contribution in [3.8, 4) is 0 Å². The Morgan fingerprint density at radius 3 is 2.75 bits per heavy atom. The Balaban J connectivity index is 1.93. The van der Waals surface area contributed by atoms with E-state index < -0.39 is 36.0 Å². The molecule has 1 fully saturated rings. The lowest BCUT2D eigenvalue weighted by molar-refractivity contribution is -0.135. The van der Waals surface area contributed by atoms with Crippen molar-refractivity contribution in [3.63, 3.8) is 0 Å². The highest BCUT2D eigenvalue weighted by Crippen LogP contribution is 2.38. The van der Waals surface area contributed by atoms with Crippen LogP contribution < -0.4 is 16.4 Å². The molecular formula is C16H18N4O4. The van der Waals surface area contributed by atoms with Crippen molar-refractivity contribution >= 4 is 23.9 Å². The first-order valence-electron chi connectivity index (χ1n) is 7.76. The number of nitrogens with one attached hydrogen (secondary N) is 2. The Bertz CT molecular complexity index is 733. The van der Waals surface area contributed by atoms with Crippen LogP contribution >= 0.6 is 0 Å². The number of carbonyl (C=O) groups excluding carboxylic acids is 4. The van der Waals surface area contributed by atoms with Crippen LogP contribution in [0.1, 0.15) is 30.4 Å². The van der Waals surface area contributed by atoms with Crippen molar-refractivity contribution in [1.29, 1.82) is 0 Å². The number of primary amides is 1. The maximum Gasteiger partial charge on any atom is 0.325 e. The molecule has 1 saturated heterocycles. The quantitative estimate of drug-likeness (QED) is 0.677. The van der Waals surface area contributed by atoms with Gasteiger partial charge in [-0.2, -0.15) is 0 Å². The Kier molecular flexibility index (Phi) is 3.96. The van der Waals surface area contributed by atoms with Gasteiger partial charge in [0, 0.05) is 0 Å². The van der Waals surface area contributed by atoms with Gasteiger partial charge in [-0.05, 0) is 36.8 Å². The maximum atomic E-state index is 13.0. The van der Waals surface area contributed by atoms with Crippen molar-refractivity contribution in [2.75, 3.05) is 6.54 Å². The molecule has 126 valence electrons. The number of nitrogens with zero attached hydrogens (tertiary/aromatic N) is 1. The van der Waals surface area contributed by atoms with Gasteiger partial charge in [0.25, 0.3) is 5.91 Å². The summed E-state index contributed by atoms with van der Waals surface area (Å²) < 4.78 is 0. The summed E-state index contributed by atoms with van der Waals surface area (Å²) in [6.45, 7) is -0.544. The number of hydrogen-bond donors (Lipinski definition) is 3. The lowest BCUT2D eigenvalue weighted by atomic mass is 9.84. The molecule has 1 spiro atoms. The molecule has 0 aromatic heterocycles. The molecule has 24 heavy (non-hydrogen) atoms. The molecule has 6 amide bonds. The summed E-state index contributed by atoms with van der Waals surface area (Å²) in [6.07, 6.45) is 3.01. The van der Waals surface area contributed by atoms with Crippen LogP contribution in [0.2, 0.25) is 0 Å². The Morgan fingerprint density at radius 1 is 1.25 bits per heavy atom. The number of aryl methyl sites for hydroxylation is 1. The van der Waals surface area contributed by atoms with Crippen molar-refractivity contribution in [1.82, 2.24) is 15.5 Å². The molecule has 8 heteroatoms. The minimum atomic E-state index is -1.14. The summed E-state index contributed by atoms with van der Waals surface area (Å²) in [4.78, 5) is 48.5. The number of hydrogen-bond acceptors (Lipinski definition) is 4. The van der Waals surface area contributed by atoms with Crippen molar-refractivity contribution in [2.24, 2.45) is 5.73 Å². The van der Waals surface area contributed by atoms with Gasteiger partial charge in [-0.15, -0.1) is 0 Å². The third-order valence-electron chi connectivity index (χ3n) is 4.47. The molecule has 1 unspecified atom stereocenters. The van der Waals surface area contributed by atoms with Gasteiger partial charge in [0.15, 0.2) is 0 Å². The monoisotopic (exact) mass is 330 g/mol. The van der Waals surface area contributed by atoms with Gasteiger partial charge in [-0.1, -0.05) is 24.3 Å². The molecule has 8 nitrogen and oxygen atoms in total. The number of rotatable bonds is 2. The van der Waals surface area contributed by atoms with Crippen LogP contribution in [0, 0.1) is 0 Å². The van der Waals surface area contributed by atoms with Crippen LogP contribution in [-0.4, -0.2) is 35.3 Å². The number of amides is 6. The van der Waals surface area contributed by atoms with E-state index in [0.717, 1.165) is 35.3 Å². The predicted octanol–water partition coefficient (Wildman–Crippen LogP) is 0.355. The summed E-state index contributed by atoms with van der Waals surface area (Å²) in [5.74, 6) is -1.27. The van der Waals surface area contributed by atoms with E-state index in [4.69, 9.17) is 5.73 Å². The predicted molar refractivity (Wildman–Crippen MR) is 83.6 cm³/mol. The molecule has 2 aliphatic rings. The van der Waals surface area contributed by atoms with E-state index in [2.05, 4.69) is 5.32 Å². The van der Waals surface area contributed by atoms with Crippen LogP contribution in [0.5, 0.6) is 0 Å². The highest BCUT2D eigenvalue weighted by Gasteiger charge is 2.53. The third kappa shape index (κ3) is 2.60. The van der Waals surface area contributed by atoms with Gasteiger partial charge in [0.1, 0.15) is 12.1 Å². The summed E-state index contributed by atoms with van der Waals surface area (Å²) in [5, 5.41) is 4.62. The maximum absolute atomic E-state index is 13.0. The molecule has 1 aliphatic heterocycles. The number of carbonyl (C=O) groups is 4. The third-order valence-corrected chi connectivity index (χ3v) is 4.47. The summed E-state index contributed by atoms with van der Waals surface area (Å²) >= 11 is 0. The van der Waals surface area contributed by atoms with Gasteiger partial charge in [0.05, 0.1) is 0 Å². The first-order chi connectivity index (χ1) is 11.4. The van der Waals surface area contributed by atoms with Crippen LogP contribution in [0.3, 0.4) is 0 Å². The molecular weight excluding hydrogens is 312 g/mol. The second-order valence-electron chi connectivity index (χ2n) is 6.00. The van der Waals surface area contributed by atoms with Crippen LogP contribution in [-0.2, 0) is 21.5 Å². The highest BCUT2D eigenvalue weighted by atomic mass is 16.2. The Morgan fingerprint density at radius 2 is 2.00 bits per heavy atom. The number of nitrogens with two attached hydrogens (primary N) is 1. The van der Waals surface area contributed by atoms with E-state index in [1.165, 1.54) is 0 Å². The minimum absolute atomic E-state index is 0.471. The molecule has 0 radical (unpaired) electrons.